The van der Waals surface area contributed by atoms with Crippen LogP contribution in [0.3, 0.4) is 0 Å². The lowest BCUT2D eigenvalue weighted by molar-refractivity contribution is 1.97. The summed E-state index contributed by atoms with van der Waals surface area (Å²) in [7, 11) is 0. The van der Waals surface area contributed by atoms with E-state index in [0.29, 0.717) is 0 Å². The van der Waals surface area contributed by atoms with Crippen molar-refractivity contribution in [2.75, 3.05) is 0 Å². The quantitative estimate of drug-likeness (QED) is 0.484. The van der Waals surface area contributed by atoms with E-state index in [-0.39, 0.29) is 0 Å². The van der Waals surface area contributed by atoms with Gasteiger partial charge in [0, 0.05) is 5.54 Å². The molecule has 0 radical (unpaired) electrons. The minimum atomic E-state index is 1.44. The molecule has 0 atom stereocenters. The fourth-order valence-electron chi connectivity index (χ4n) is 0.185. The second-order valence-electron chi connectivity index (χ2n) is 0.939. The molecule has 0 aromatic heterocycles. The molecule has 7 heavy (non-hydrogen) atoms. The zero-order chi connectivity index (χ0) is 5.54. The Bertz CT molecular complexity index is 90.4. The molecule has 0 spiro atoms. The van der Waals surface area contributed by atoms with Crippen LogP contribution in [0.1, 0.15) is 0 Å². The third-order valence-corrected chi connectivity index (χ3v) is 0.577. The van der Waals surface area contributed by atoms with E-state index < -0.39 is 0 Å². The highest BCUT2D eigenvalue weighted by molar-refractivity contribution is 6.25. The molecule has 0 saturated heterocycles. The molecule has 0 rings (SSSR count). The van der Waals surface area contributed by atoms with E-state index in [4.69, 9.17) is 11.6 Å². The van der Waals surface area contributed by atoms with Crippen LogP contribution in [0.4, 0.5) is 0 Å². The molecule has 0 aromatic carbocycles. The van der Waals surface area contributed by atoms with Gasteiger partial charge in [-0.25, -0.2) is 0 Å². The van der Waals surface area contributed by atoms with Crippen molar-refractivity contribution in [2.45, 2.75) is 0 Å². The van der Waals surface area contributed by atoms with Crippen molar-refractivity contribution in [3.05, 3.63) is 36.4 Å². The summed E-state index contributed by atoms with van der Waals surface area (Å²) < 4.78 is 0. The highest BCUT2D eigenvalue weighted by Crippen LogP contribution is 1.79. The van der Waals surface area contributed by atoms with Gasteiger partial charge in [0.25, 0.3) is 0 Å². The van der Waals surface area contributed by atoms with Crippen LogP contribution in [0.15, 0.2) is 36.4 Å². The minimum absolute atomic E-state index is 1.44. The molecule has 0 aliphatic carbocycles. The van der Waals surface area contributed by atoms with Gasteiger partial charge in [-0.3, -0.25) is 0 Å². The van der Waals surface area contributed by atoms with Gasteiger partial charge in [0.15, 0.2) is 0 Å². The van der Waals surface area contributed by atoms with Crippen LogP contribution in [0.2, 0.25) is 0 Å². The summed E-state index contributed by atoms with van der Waals surface area (Å²) in [6.07, 6.45) is 7.03. The third kappa shape index (κ3) is 5.51. The molecule has 38 valence electrons. The Morgan fingerprint density at radius 2 is 1.86 bits per heavy atom. The Labute approximate surface area is 48.8 Å². The number of rotatable bonds is 2. The molecule has 0 N–H and O–H groups in total. The van der Waals surface area contributed by atoms with E-state index in [1.807, 2.05) is 0 Å². The van der Waals surface area contributed by atoms with E-state index >= 15 is 0 Å². The summed E-state index contributed by atoms with van der Waals surface area (Å²) in [5, 5.41) is 0. The molecule has 0 amide bonds. The monoisotopic (exact) mass is 114 g/mol. The minimum Gasteiger partial charge on any atom is -0.0991 e. The summed E-state index contributed by atoms with van der Waals surface area (Å²) in [5.74, 6) is 0. The molecule has 0 saturated carbocycles. The molecule has 0 aromatic rings. The van der Waals surface area contributed by atoms with Crippen molar-refractivity contribution in [1.29, 1.82) is 0 Å². The highest BCUT2D eigenvalue weighted by Gasteiger charge is 1.53. The Hall–Kier alpha value is -0.490. The van der Waals surface area contributed by atoms with Crippen molar-refractivity contribution in [3.63, 3.8) is 0 Å². The first-order valence-corrected chi connectivity index (χ1v) is 2.40. The van der Waals surface area contributed by atoms with Crippen molar-refractivity contribution in [3.8, 4) is 0 Å². The smallest absolute Gasteiger partial charge is 0.00424 e. The SMILES string of the molecule is C=C/C=C/C=C/Cl. The van der Waals surface area contributed by atoms with Crippen LogP contribution in [0, 0.1) is 0 Å². The topological polar surface area (TPSA) is 0 Å². The normalized spacial score (nSPS) is 11.0. The Morgan fingerprint density at radius 3 is 2.29 bits per heavy atom. The van der Waals surface area contributed by atoms with Crippen molar-refractivity contribution < 1.29 is 0 Å². The van der Waals surface area contributed by atoms with Crippen LogP contribution in [0.5, 0.6) is 0 Å². The second-order valence-corrected chi connectivity index (χ2v) is 1.19. The van der Waals surface area contributed by atoms with Gasteiger partial charge >= 0.3 is 0 Å². The molecule has 0 nitrogen and oxygen atoms in total. The zero-order valence-electron chi connectivity index (χ0n) is 3.97. The van der Waals surface area contributed by atoms with Gasteiger partial charge < -0.3 is 0 Å². The van der Waals surface area contributed by atoms with Gasteiger partial charge in [0.1, 0.15) is 0 Å². The molecule has 1 heteroatoms. The maximum Gasteiger partial charge on any atom is 0.00424 e. The lowest BCUT2D eigenvalue weighted by Gasteiger charge is -1.64. The lowest BCUT2D eigenvalue weighted by atomic mass is 10.5. The number of hydrogen-bond donors (Lipinski definition) is 0. The summed E-state index contributed by atoms with van der Waals surface area (Å²) in [5.41, 5.74) is 1.44. The van der Waals surface area contributed by atoms with Crippen LogP contribution in [-0.4, -0.2) is 0 Å². The molecule has 0 bridgehead atoms. The average Bonchev–Trinajstić information content (AvgIpc) is 1.69. The Morgan fingerprint density at radius 1 is 1.14 bits per heavy atom. The molecule has 0 fully saturated rings. The van der Waals surface area contributed by atoms with Gasteiger partial charge in [-0.05, 0) is 0 Å². The largest absolute Gasteiger partial charge is 0.0991 e. The first-order valence-electron chi connectivity index (χ1n) is 1.96. The molecule has 0 heterocycles. The first-order chi connectivity index (χ1) is 3.41. The van der Waals surface area contributed by atoms with Crippen LogP contribution in [-0.2, 0) is 0 Å². The number of hydrogen-bond acceptors (Lipinski definition) is 0. The predicted molar refractivity (Wildman–Crippen MR) is 34.3 cm³/mol. The first kappa shape index (κ1) is 6.51. The van der Waals surface area contributed by atoms with Crippen molar-refractivity contribution in [1.82, 2.24) is 0 Å². The van der Waals surface area contributed by atoms with Gasteiger partial charge in [-0.1, -0.05) is 42.5 Å². The zero-order valence-corrected chi connectivity index (χ0v) is 4.73. The summed E-state index contributed by atoms with van der Waals surface area (Å²) in [4.78, 5) is 0. The van der Waals surface area contributed by atoms with Gasteiger partial charge in [-0.15, -0.1) is 0 Å². The maximum absolute atomic E-state index is 5.17. The van der Waals surface area contributed by atoms with Gasteiger partial charge in [0.05, 0.1) is 0 Å². The van der Waals surface area contributed by atoms with Crippen LogP contribution >= 0.6 is 11.6 Å². The van der Waals surface area contributed by atoms with Crippen molar-refractivity contribution >= 4 is 11.6 Å². The summed E-state index contributed by atoms with van der Waals surface area (Å²) in [6, 6.07) is 0. The average molecular weight is 115 g/mol. The lowest BCUT2D eigenvalue weighted by Crippen LogP contribution is -1.41. The van der Waals surface area contributed by atoms with Crippen LogP contribution < -0.4 is 0 Å². The Kier molecular flexibility index (Phi) is 5.12. The molecular weight excluding hydrogens is 108 g/mol. The number of allylic oxidation sites excluding steroid dienone is 4. The maximum atomic E-state index is 5.17. The molecule has 0 aliphatic heterocycles. The molecular formula is C6H7Cl. The molecule has 0 aliphatic rings. The van der Waals surface area contributed by atoms with E-state index in [9.17, 15) is 0 Å². The van der Waals surface area contributed by atoms with E-state index in [1.165, 1.54) is 5.54 Å². The fourth-order valence-corrected chi connectivity index (χ4v) is 0.269. The Balaban J connectivity index is 3.27. The highest BCUT2D eigenvalue weighted by atomic mass is 35.5. The molecule has 0 unspecified atom stereocenters. The fraction of sp³-hybridized carbons (Fsp3) is 0. The standard InChI is InChI=1S/C6H7Cl/c1-2-3-4-5-6-7/h2-6H,1H2/b4-3+,6-5+. The van der Waals surface area contributed by atoms with E-state index in [2.05, 4.69) is 6.58 Å². The van der Waals surface area contributed by atoms with E-state index in [0.717, 1.165) is 0 Å². The van der Waals surface area contributed by atoms with Crippen molar-refractivity contribution in [2.24, 2.45) is 0 Å². The van der Waals surface area contributed by atoms with Gasteiger partial charge in [-0.2, -0.15) is 0 Å². The number of halogens is 1. The second kappa shape index (κ2) is 5.51. The van der Waals surface area contributed by atoms with Crippen LogP contribution in [0.25, 0.3) is 0 Å². The third-order valence-electron chi connectivity index (χ3n) is 0.431. The predicted octanol–water partition coefficient (Wildman–Crippen LogP) is 2.48. The van der Waals surface area contributed by atoms with Gasteiger partial charge in [0.2, 0.25) is 0 Å². The summed E-state index contributed by atoms with van der Waals surface area (Å²) >= 11 is 5.17. The van der Waals surface area contributed by atoms with E-state index in [1.54, 1.807) is 24.3 Å². The summed E-state index contributed by atoms with van der Waals surface area (Å²) in [6.45, 7) is 3.47.